The number of hydrogen-bond acceptors (Lipinski definition) is 14. The average Bonchev–Trinajstić information content (AvgIpc) is 3.36. The number of nitrogens with zero attached hydrogens (tertiary/aromatic N) is 1. The Kier molecular flexibility index (Phi) is 11.8. The van der Waals surface area contributed by atoms with Crippen LogP contribution in [0.25, 0.3) is 0 Å². The lowest BCUT2D eigenvalue weighted by Gasteiger charge is -2.57. The summed E-state index contributed by atoms with van der Waals surface area (Å²) in [5.41, 5.74) is 1.10. The first-order valence-electron chi connectivity index (χ1n) is 14.7. The number of ether oxygens (including phenoxy) is 5. The zero-order chi connectivity index (χ0) is 32.1. The third-order valence-electron chi connectivity index (χ3n) is 10.3. The monoisotopic (exact) mass is 709 g/mol. The van der Waals surface area contributed by atoms with Gasteiger partial charge in [0.1, 0.15) is 48.8 Å². The van der Waals surface area contributed by atoms with E-state index in [0.717, 1.165) is 11.1 Å². The van der Waals surface area contributed by atoms with Gasteiger partial charge in [-0.1, -0.05) is 18.2 Å². The standard InChI is InChI=1S/C29H35NO15.4H2O/c1-30-7-6-29-10-3-5-13(42-28-20(36)16(32)18(34)23(45-28)26(39)40)24(29)43-21-12(4-2-9(14(21)29)8-11(10)30)41-27-19(35)15(31)17(33)22(44-27)25(37)38;;;;/h2-5,10-11,13,15-20,22-24,27-28,31-36H,6-8H2,1H3,(H,37,38)(H,39,40);4*1H2/t10-,11+,13-,15-,16-,17-,18-,19+,20+,22-,23-,24-,27+,28+,29-;;;;/m0..../s1. The SMILES string of the molecule is CN1CC[C@]23c4c5ccc(O[C@@H]6O[C@H](C(=O)O)[C@@H](O)[C@H](O)[C@H]6O)c4O[C@H]2[C@@H](O[C@@H]2O[C@H](C(=O)O)[C@@H](O)[C@H](O)[C@H]2O)C=C[C@H]3[C@H]1C5.O.O.O.O. The van der Waals surface area contributed by atoms with Crippen LogP contribution in [0.5, 0.6) is 11.5 Å². The van der Waals surface area contributed by atoms with E-state index >= 15 is 0 Å². The first kappa shape index (κ1) is 40.4. The number of aliphatic hydroxyl groups excluding tert-OH is 6. The van der Waals surface area contributed by atoms with Crippen molar-refractivity contribution in [1.82, 2.24) is 4.90 Å². The van der Waals surface area contributed by atoms with Crippen LogP contribution in [0, 0.1) is 5.92 Å². The van der Waals surface area contributed by atoms with Crippen molar-refractivity contribution in [1.29, 1.82) is 0 Å². The molecule has 20 nitrogen and oxygen atoms in total. The highest BCUT2D eigenvalue weighted by Gasteiger charge is 2.65. The third kappa shape index (κ3) is 5.86. The lowest BCUT2D eigenvalue weighted by molar-refractivity contribution is -0.307. The van der Waals surface area contributed by atoms with E-state index in [2.05, 4.69) is 4.90 Å². The van der Waals surface area contributed by atoms with Gasteiger partial charge in [-0.25, -0.2) is 9.59 Å². The van der Waals surface area contributed by atoms with Gasteiger partial charge >= 0.3 is 11.9 Å². The minimum atomic E-state index is -1.90. The van der Waals surface area contributed by atoms with E-state index in [1.807, 2.05) is 19.2 Å². The van der Waals surface area contributed by atoms with Gasteiger partial charge in [0.25, 0.3) is 0 Å². The predicted molar refractivity (Wildman–Crippen MR) is 158 cm³/mol. The molecule has 0 unspecified atom stereocenters. The molecule has 1 aromatic rings. The molecule has 6 aliphatic rings. The molecule has 16 N–H and O–H groups in total. The molecule has 15 atom stereocenters. The van der Waals surface area contributed by atoms with Gasteiger partial charge in [0, 0.05) is 22.9 Å². The molecular formula is C29H43NO19. The van der Waals surface area contributed by atoms with Crippen LogP contribution in [0.3, 0.4) is 0 Å². The number of benzene rings is 1. The molecule has 1 spiro atoms. The van der Waals surface area contributed by atoms with E-state index in [9.17, 15) is 50.4 Å². The Morgan fingerprint density at radius 2 is 1.39 bits per heavy atom. The molecule has 2 aliphatic carbocycles. The molecule has 20 heteroatoms. The van der Waals surface area contributed by atoms with Gasteiger partial charge in [-0.15, -0.1) is 0 Å². The van der Waals surface area contributed by atoms with Gasteiger partial charge in [-0.05, 0) is 38.1 Å². The molecule has 49 heavy (non-hydrogen) atoms. The van der Waals surface area contributed by atoms with Crippen LogP contribution in [0.15, 0.2) is 24.3 Å². The van der Waals surface area contributed by atoms with Crippen LogP contribution in [0.4, 0.5) is 0 Å². The summed E-state index contributed by atoms with van der Waals surface area (Å²) in [5, 5.41) is 81.1. The fourth-order valence-corrected chi connectivity index (χ4v) is 8.01. The van der Waals surface area contributed by atoms with E-state index in [1.165, 1.54) is 0 Å². The Balaban J connectivity index is 0.00000163. The summed E-state index contributed by atoms with van der Waals surface area (Å²) >= 11 is 0. The maximum atomic E-state index is 11.7. The summed E-state index contributed by atoms with van der Waals surface area (Å²) in [6, 6.07) is 3.53. The maximum Gasteiger partial charge on any atom is 0.335 e. The van der Waals surface area contributed by atoms with Crippen molar-refractivity contribution in [2.45, 2.75) is 97.9 Å². The van der Waals surface area contributed by atoms with Gasteiger partial charge < -0.3 is 91.3 Å². The molecule has 7 rings (SSSR count). The highest BCUT2D eigenvalue weighted by Crippen LogP contribution is 2.63. The molecule has 0 saturated carbocycles. The second-order valence-corrected chi connectivity index (χ2v) is 12.6. The topological polar surface area (TPSA) is 371 Å². The summed E-state index contributed by atoms with van der Waals surface area (Å²) in [6.45, 7) is 0.689. The molecule has 1 aromatic carbocycles. The molecule has 0 aromatic heterocycles. The summed E-state index contributed by atoms with van der Waals surface area (Å²) in [7, 11) is 2.04. The predicted octanol–water partition coefficient (Wildman–Crippen LogP) is -6.62. The van der Waals surface area contributed by atoms with Gasteiger partial charge in [0.2, 0.25) is 6.29 Å². The van der Waals surface area contributed by atoms with E-state index in [0.29, 0.717) is 19.4 Å². The first-order chi connectivity index (χ1) is 21.3. The number of carbonyl (C=O) groups is 2. The number of carboxylic acid groups (broad SMARTS) is 2. The largest absolute Gasteiger partial charge is 0.482 e. The zero-order valence-corrected chi connectivity index (χ0v) is 25.9. The van der Waals surface area contributed by atoms with Gasteiger partial charge in [0.05, 0.1) is 0 Å². The molecule has 0 amide bonds. The van der Waals surface area contributed by atoms with Crippen molar-refractivity contribution in [3.63, 3.8) is 0 Å². The van der Waals surface area contributed by atoms with Crippen LogP contribution in [0.1, 0.15) is 17.5 Å². The lowest BCUT2D eigenvalue weighted by atomic mass is 9.53. The first-order valence-corrected chi connectivity index (χ1v) is 14.7. The van der Waals surface area contributed by atoms with E-state index in [-0.39, 0.29) is 45.4 Å². The quantitative estimate of drug-likeness (QED) is 0.127. The molecule has 3 saturated heterocycles. The van der Waals surface area contributed by atoms with Crippen molar-refractivity contribution in [3.05, 3.63) is 35.4 Å². The Bertz CT molecular complexity index is 1410. The van der Waals surface area contributed by atoms with E-state index in [1.54, 1.807) is 12.1 Å². The molecule has 4 aliphatic heterocycles. The van der Waals surface area contributed by atoms with Crippen LogP contribution in [0.2, 0.25) is 0 Å². The number of likely N-dealkylation sites (tertiary alicyclic amines) is 1. The van der Waals surface area contributed by atoms with Crippen molar-refractivity contribution in [2.24, 2.45) is 5.92 Å². The van der Waals surface area contributed by atoms with Gasteiger partial charge in [-0.2, -0.15) is 0 Å². The normalized spacial score (nSPS) is 42.8. The Morgan fingerprint density at radius 1 is 0.816 bits per heavy atom. The fourth-order valence-electron chi connectivity index (χ4n) is 8.01. The number of aliphatic carboxylic acids is 2. The molecule has 2 bridgehead atoms. The number of aliphatic hydroxyl groups is 6. The van der Waals surface area contributed by atoms with Crippen molar-refractivity contribution >= 4 is 11.9 Å². The number of likely N-dealkylation sites (N-methyl/N-ethyl adjacent to an activating group) is 1. The molecule has 3 fully saturated rings. The maximum absolute atomic E-state index is 11.7. The summed E-state index contributed by atoms with van der Waals surface area (Å²) in [4.78, 5) is 25.6. The molecule has 278 valence electrons. The number of hydrogen-bond donors (Lipinski definition) is 8. The minimum absolute atomic E-state index is 0. The van der Waals surface area contributed by atoms with E-state index < -0.39 is 91.0 Å². The zero-order valence-electron chi connectivity index (χ0n) is 25.9. The molecule has 4 heterocycles. The highest BCUT2D eigenvalue weighted by atomic mass is 16.7. The van der Waals surface area contributed by atoms with E-state index in [4.69, 9.17) is 23.7 Å². The van der Waals surface area contributed by atoms with Crippen molar-refractivity contribution in [2.75, 3.05) is 13.6 Å². The van der Waals surface area contributed by atoms with Crippen LogP contribution < -0.4 is 9.47 Å². The second kappa shape index (κ2) is 14.3. The number of rotatable bonds is 6. The molecule has 0 radical (unpaired) electrons. The summed E-state index contributed by atoms with van der Waals surface area (Å²) in [6.07, 6.45) is -14.8. The summed E-state index contributed by atoms with van der Waals surface area (Å²) in [5.74, 6) is -2.79. The van der Waals surface area contributed by atoms with Gasteiger partial charge in [0.15, 0.2) is 30.0 Å². The average molecular weight is 710 g/mol. The van der Waals surface area contributed by atoms with Crippen LogP contribution in [-0.2, 0) is 35.6 Å². The smallest absolute Gasteiger partial charge is 0.335 e. The van der Waals surface area contributed by atoms with Crippen LogP contribution >= 0.6 is 0 Å². The van der Waals surface area contributed by atoms with Crippen LogP contribution in [-0.4, -0.2) is 173 Å². The third-order valence-corrected chi connectivity index (χ3v) is 10.3. The Hall–Kier alpha value is -3.06. The van der Waals surface area contributed by atoms with Crippen molar-refractivity contribution in [3.8, 4) is 11.5 Å². The fraction of sp³-hybridized carbons (Fsp3) is 0.655. The highest BCUT2D eigenvalue weighted by molar-refractivity contribution is 5.74. The number of carboxylic acids is 2. The number of piperidine rings is 1. The summed E-state index contributed by atoms with van der Waals surface area (Å²) < 4.78 is 29.4. The molecular weight excluding hydrogens is 666 g/mol. The Labute approximate surface area is 277 Å². The Morgan fingerprint density at radius 3 is 1.98 bits per heavy atom. The second-order valence-electron chi connectivity index (χ2n) is 12.6. The van der Waals surface area contributed by atoms with Crippen molar-refractivity contribution < 1.29 is 96.0 Å². The minimum Gasteiger partial charge on any atom is -0.482 e. The lowest BCUT2D eigenvalue weighted by Crippen LogP contribution is -2.66. The van der Waals surface area contributed by atoms with Gasteiger partial charge in [-0.3, -0.25) is 0 Å².